The molecular formula is C22H43NO3. The second-order valence-electron chi connectivity index (χ2n) is 7.25. The molecule has 0 rings (SSSR count). The molecule has 0 unspecified atom stereocenters. The molecule has 1 amide bonds. The summed E-state index contributed by atoms with van der Waals surface area (Å²) in [5.74, 6) is -0.341. The van der Waals surface area contributed by atoms with Crippen LogP contribution in [0.5, 0.6) is 0 Å². The lowest BCUT2D eigenvalue weighted by Gasteiger charge is -2.05. The highest BCUT2D eigenvalue weighted by molar-refractivity contribution is 5.81. The fraction of sp³-hybridized carbons (Fsp3) is 0.909. The normalized spacial score (nSPS) is 10.7. The lowest BCUT2D eigenvalue weighted by Crippen LogP contribution is -2.25. The molecule has 4 nitrogen and oxygen atoms in total. The van der Waals surface area contributed by atoms with Gasteiger partial charge in [0.2, 0.25) is 5.91 Å². The Bertz CT molecular complexity index is 331. The molecule has 0 saturated carbocycles. The molecule has 0 aromatic heterocycles. The van der Waals surface area contributed by atoms with Gasteiger partial charge in [0.15, 0.2) is 0 Å². The molecule has 0 bridgehead atoms. The lowest BCUT2D eigenvalue weighted by molar-refractivity contribution is -0.144. The first kappa shape index (κ1) is 24.9. The van der Waals surface area contributed by atoms with Gasteiger partial charge in [-0.1, -0.05) is 90.4 Å². The zero-order chi connectivity index (χ0) is 19.3. The third-order valence-electron chi connectivity index (χ3n) is 4.71. The summed E-state index contributed by atoms with van der Waals surface area (Å²) in [4.78, 5) is 22.7. The number of rotatable bonds is 19. The first-order chi connectivity index (χ1) is 12.7. The molecule has 0 aliphatic heterocycles. The minimum absolute atomic E-state index is 0.0484. The van der Waals surface area contributed by atoms with Crippen molar-refractivity contribution in [3.8, 4) is 0 Å². The molecular weight excluding hydrogens is 326 g/mol. The minimum Gasteiger partial charge on any atom is -0.466 e. The van der Waals surface area contributed by atoms with Gasteiger partial charge in [-0.05, 0) is 13.3 Å². The summed E-state index contributed by atoms with van der Waals surface area (Å²) in [6, 6.07) is 0. The summed E-state index contributed by atoms with van der Waals surface area (Å²) in [6.07, 6.45) is 19.1. The number of unbranched alkanes of at least 4 members (excludes halogenated alkanes) is 13. The van der Waals surface area contributed by atoms with Crippen LogP contribution in [0.25, 0.3) is 0 Å². The van der Waals surface area contributed by atoms with Crippen molar-refractivity contribution in [3.05, 3.63) is 0 Å². The van der Waals surface area contributed by atoms with Gasteiger partial charge in [0.1, 0.15) is 0 Å². The van der Waals surface area contributed by atoms with E-state index in [4.69, 9.17) is 4.74 Å². The standard InChI is InChI=1S/C22H43NO3/c1-3-5-6-7-8-9-10-11-12-13-14-15-16-17-20-23-21(24)18-19-22(25)26-4-2/h3-20H2,1-2H3,(H,23,24). The van der Waals surface area contributed by atoms with E-state index in [9.17, 15) is 9.59 Å². The van der Waals surface area contributed by atoms with Crippen molar-refractivity contribution in [1.82, 2.24) is 5.32 Å². The third kappa shape index (κ3) is 19.3. The zero-order valence-corrected chi connectivity index (χ0v) is 17.5. The van der Waals surface area contributed by atoms with E-state index in [2.05, 4.69) is 12.2 Å². The van der Waals surface area contributed by atoms with Crippen LogP contribution in [-0.2, 0) is 14.3 Å². The summed E-state index contributed by atoms with van der Waals surface area (Å²) < 4.78 is 4.80. The van der Waals surface area contributed by atoms with Gasteiger partial charge in [-0.15, -0.1) is 0 Å². The molecule has 0 aliphatic carbocycles. The largest absolute Gasteiger partial charge is 0.466 e. The van der Waals surface area contributed by atoms with E-state index in [0.717, 1.165) is 13.0 Å². The topological polar surface area (TPSA) is 55.4 Å². The van der Waals surface area contributed by atoms with Crippen molar-refractivity contribution >= 4 is 11.9 Å². The Balaban J connectivity index is 3.17. The molecule has 154 valence electrons. The Labute approximate surface area is 161 Å². The third-order valence-corrected chi connectivity index (χ3v) is 4.71. The monoisotopic (exact) mass is 369 g/mol. The number of hydrogen-bond acceptors (Lipinski definition) is 3. The Morgan fingerprint density at radius 2 is 1.12 bits per heavy atom. The van der Waals surface area contributed by atoms with Gasteiger partial charge in [0.05, 0.1) is 13.0 Å². The maximum Gasteiger partial charge on any atom is 0.306 e. The maximum absolute atomic E-state index is 11.6. The molecule has 0 atom stereocenters. The van der Waals surface area contributed by atoms with E-state index in [0.29, 0.717) is 6.61 Å². The van der Waals surface area contributed by atoms with Gasteiger partial charge >= 0.3 is 5.97 Å². The van der Waals surface area contributed by atoms with E-state index < -0.39 is 0 Å². The van der Waals surface area contributed by atoms with Gasteiger partial charge in [-0.2, -0.15) is 0 Å². The number of esters is 1. The van der Waals surface area contributed by atoms with Crippen LogP contribution in [0, 0.1) is 0 Å². The average Bonchev–Trinajstić information content (AvgIpc) is 2.63. The van der Waals surface area contributed by atoms with E-state index in [1.807, 2.05) is 0 Å². The Hall–Kier alpha value is -1.06. The maximum atomic E-state index is 11.6. The molecule has 26 heavy (non-hydrogen) atoms. The summed E-state index contributed by atoms with van der Waals surface area (Å²) >= 11 is 0. The average molecular weight is 370 g/mol. The Kier molecular flexibility index (Phi) is 19.4. The van der Waals surface area contributed by atoms with Crippen LogP contribution >= 0.6 is 0 Å². The zero-order valence-electron chi connectivity index (χ0n) is 17.5. The number of hydrogen-bond donors (Lipinski definition) is 1. The minimum atomic E-state index is -0.292. The van der Waals surface area contributed by atoms with Crippen molar-refractivity contribution < 1.29 is 14.3 Å². The van der Waals surface area contributed by atoms with Gasteiger partial charge in [-0.3, -0.25) is 9.59 Å². The molecule has 0 aromatic rings. The van der Waals surface area contributed by atoms with E-state index in [1.54, 1.807) is 6.92 Å². The summed E-state index contributed by atoms with van der Waals surface area (Å²) in [7, 11) is 0. The molecule has 0 aliphatic rings. The van der Waals surface area contributed by atoms with Crippen LogP contribution in [0.15, 0.2) is 0 Å². The quantitative estimate of drug-likeness (QED) is 0.227. The molecule has 0 saturated heterocycles. The Morgan fingerprint density at radius 1 is 0.654 bits per heavy atom. The Morgan fingerprint density at radius 3 is 1.58 bits per heavy atom. The molecule has 0 heterocycles. The van der Waals surface area contributed by atoms with Crippen LogP contribution in [0.1, 0.15) is 117 Å². The molecule has 0 spiro atoms. The van der Waals surface area contributed by atoms with Crippen LogP contribution < -0.4 is 5.32 Å². The van der Waals surface area contributed by atoms with Crippen molar-refractivity contribution in [2.45, 2.75) is 117 Å². The van der Waals surface area contributed by atoms with Crippen LogP contribution in [0.3, 0.4) is 0 Å². The van der Waals surface area contributed by atoms with Gasteiger partial charge < -0.3 is 10.1 Å². The summed E-state index contributed by atoms with van der Waals surface area (Å²) in [5, 5.41) is 2.88. The van der Waals surface area contributed by atoms with Crippen LogP contribution in [-0.4, -0.2) is 25.0 Å². The van der Waals surface area contributed by atoms with Gasteiger partial charge in [0, 0.05) is 13.0 Å². The summed E-state index contributed by atoms with van der Waals surface area (Å²) in [5.41, 5.74) is 0. The van der Waals surface area contributed by atoms with Crippen molar-refractivity contribution in [1.29, 1.82) is 0 Å². The van der Waals surface area contributed by atoms with Crippen molar-refractivity contribution in [3.63, 3.8) is 0 Å². The number of carbonyl (C=O) groups is 2. The smallest absolute Gasteiger partial charge is 0.306 e. The second-order valence-corrected chi connectivity index (χ2v) is 7.25. The number of carbonyl (C=O) groups excluding carboxylic acids is 2. The second kappa shape index (κ2) is 20.3. The molecule has 0 aromatic carbocycles. The highest BCUT2D eigenvalue weighted by Gasteiger charge is 2.06. The SMILES string of the molecule is CCCCCCCCCCCCCCCCNC(=O)CCC(=O)OCC. The fourth-order valence-corrected chi connectivity index (χ4v) is 3.08. The van der Waals surface area contributed by atoms with Crippen molar-refractivity contribution in [2.75, 3.05) is 13.2 Å². The first-order valence-electron chi connectivity index (χ1n) is 11.1. The number of nitrogens with one attached hydrogen (secondary N) is 1. The van der Waals surface area contributed by atoms with E-state index >= 15 is 0 Å². The number of amides is 1. The molecule has 0 radical (unpaired) electrons. The van der Waals surface area contributed by atoms with Gasteiger partial charge in [-0.25, -0.2) is 0 Å². The first-order valence-corrected chi connectivity index (χ1v) is 11.1. The predicted molar refractivity (Wildman–Crippen MR) is 109 cm³/mol. The van der Waals surface area contributed by atoms with E-state index in [1.165, 1.54) is 83.5 Å². The highest BCUT2D eigenvalue weighted by Crippen LogP contribution is 2.12. The summed E-state index contributed by atoms with van der Waals surface area (Å²) in [6.45, 7) is 5.14. The fourth-order valence-electron chi connectivity index (χ4n) is 3.08. The molecule has 0 fully saturated rings. The molecule has 1 N–H and O–H groups in total. The van der Waals surface area contributed by atoms with E-state index in [-0.39, 0.29) is 24.7 Å². The molecule has 4 heteroatoms. The van der Waals surface area contributed by atoms with Gasteiger partial charge in [0.25, 0.3) is 0 Å². The predicted octanol–water partition coefficient (Wildman–Crippen LogP) is 5.93. The lowest BCUT2D eigenvalue weighted by atomic mass is 10.0. The van der Waals surface area contributed by atoms with Crippen LogP contribution in [0.2, 0.25) is 0 Å². The van der Waals surface area contributed by atoms with Crippen molar-refractivity contribution in [2.24, 2.45) is 0 Å². The van der Waals surface area contributed by atoms with Crippen LogP contribution in [0.4, 0.5) is 0 Å². The number of ether oxygens (including phenoxy) is 1. The highest BCUT2D eigenvalue weighted by atomic mass is 16.5.